The van der Waals surface area contributed by atoms with Crippen molar-refractivity contribution >= 4 is 17.7 Å². The van der Waals surface area contributed by atoms with E-state index in [1.807, 2.05) is 25.1 Å². The fraction of sp³-hybridized carbons (Fsp3) is 0.348. The van der Waals surface area contributed by atoms with Gasteiger partial charge in [-0.05, 0) is 61.9 Å². The summed E-state index contributed by atoms with van der Waals surface area (Å²) >= 11 is 1.61. The van der Waals surface area contributed by atoms with E-state index in [2.05, 4.69) is 6.58 Å². The van der Waals surface area contributed by atoms with E-state index < -0.39 is 17.7 Å². The van der Waals surface area contributed by atoms with E-state index in [1.54, 1.807) is 18.7 Å². The van der Waals surface area contributed by atoms with E-state index in [1.165, 1.54) is 12.1 Å². The number of thioether (sulfide) groups is 1. The highest BCUT2D eigenvalue weighted by molar-refractivity contribution is 7.99. The predicted octanol–water partition coefficient (Wildman–Crippen LogP) is 6.07. The second-order valence-electron chi connectivity index (χ2n) is 6.68. The van der Waals surface area contributed by atoms with Crippen LogP contribution in [0.15, 0.2) is 59.5 Å². The second kappa shape index (κ2) is 11.7. The van der Waals surface area contributed by atoms with Gasteiger partial charge in [0, 0.05) is 17.1 Å². The summed E-state index contributed by atoms with van der Waals surface area (Å²) in [6.45, 7) is 8.19. The normalized spacial score (nSPS) is 11.1. The largest absolute Gasteiger partial charge is 0.493 e. The third-order valence-electron chi connectivity index (χ3n) is 4.15. The van der Waals surface area contributed by atoms with Gasteiger partial charge in [0.25, 0.3) is 0 Å². The highest BCUT2D eigenvalue weighted by Crippen LogP contribution is 2.30. The molecular weight excluding hydrogens is 429 g/mol. The lowest BCUT2D eigenvalue weighted by atomic mass is 10.2. The lowest BCUT2D eigenvalue weighted by molar-refractivity contribution is -0.145. The van der Waals surface area contributed by atoms with Crippen LogP contribution in [0.2, 0.25) is 0 Å². The van der Waals surface area contributed by atoms with Crippen LogP contribution in [0.4, 0.5) is 13.2 Å². The van der Waals surface area contributed by atoms with Crippen LogP contribution in [0, 0.1) is 6.92 Å². The maximum absolute atomic E-state index is 12.6. The Morgan fingerprint density at radius 3 is 2.42 bits per heavy atom. The van der Waals surface area contributed by atoms with Crippen molar-refractivity contribution in [2.24, 2.45) is 0 Å². The minimum absolute atomic E-state index is 0.128. The van der Waals surface area contributed by atoms with E-state index in [4.69, 9.17) is 14.2 Å². The molecule has 0 amide bonds. The number of carbonyl (C=O) groups excluding carboxylic acids is 1. The standard InChI is InChI=1S/C23H25F3O4S/c1-4-28-22(27)14-30-21-10-9-20(13-17(21)3)31-15-16(2)11-12-29-19-7-5-18(6-8-19)23(24,25)26/h5-10,13H,2,4,11-12,14-15H2,1,3H3. The molecule has 0 heterocycles. The monoisotopic (exact) mass is 454 g/mol. The Hall–Kier alpha value is -2.61. The van der Waals surface area contributed by atoms with Crippen LogP contribution in [0.5, 0.6) is 11.5 Å². The molecule has 0 saturated carbocycles. The van der Waals surface area contributed by atoms with Crippen LogP contribution in [0.3, 0.4) is 0 Å². The van der Waals surface area contributed by atoms with E-state index in [0.29, 0.717) is 36.9 Å². The summed E-state index contributed by atoms with van der Waals surface area (Å²) in [4.78, 5) is 12.4. The SMILES string of the molecule is C=C(CCOc1ccc(C(F)(F)F)cc1)CSc1ccc(OCC(=O)OCC)c(C)c1. The fourth-order valence-corrected chi connectivity index (χ4v) is 3.46. The number of esters is 1. The quantitative estimate of drug-likeness (QED) is 0.234. The van der Waals surface area contributed by atoms with Crippen LogP contribution in [-0.4, -0.2) is 31.5 Å². The molecular formula is C23H25F3O4S. The Morgan fingerprint density at radius 1 is 1.10 bits per heavy atom. The summed E-state index contributed by atoms with van der Waals surface area (Å²) in [5, 5.41) is 0. The first-order valence-electron chi connectivity index (χ1n) is 9.67. The number of rotatable bonds is 11. The van der Waals surface area contributed by atoms with Crippen molar-refractivity contribution in [3.05, 3.63) is 65.7 Å². The molecule has 0 bridgehead atoms. The summed E-state index contributed by atoms with van der Waals surface area (Å²) in [6, 6.07) is 10.3. The first-order chi connectivity index (χ1) is 14.7. The van der Waals surface area contributed by atoms with Gasteiger partial charge in [-0.3, -0.25) is 0 Å². The third-order valence-corrected chi connectivity index (χ3v) is 5.29. The zero-order valence-corrected chi connectivity index (χ0v) is 18.3. The average Bonchev–Trinajstić information content (AvgIpc) is 2.71. The Morgan fingerprint density at radius 2 is 1.81 bits per heavy atom. The van der Waals surface area contributed by atoms with Gasteiger partial charge in [0.05, 0.1) is 18.8 Å². The Kier molecular flexibility index (Phi) is 9.30. The number of ether oxygens (including phenoxy) is 3. The van der Waals surface area contributed by atoms with Gasteiger partial charge >= 0.3 is 12.1 Å². The number of hydrogen-bond acceptors (Lipinski definition) is 5. The van der Waals surface area contributed by atoms with Gasteiger partial charge in [-0.15, -0.1) is 11.8 Å². The molecule has 0 aliphatic rings. The zero-order valence-electron chi connectivity index (χ0n) is 17.5. The van der Waals surface area contributed by atoms with Crippen molar-refractivity contribution in [3.8, 4) is 11.5 Å². The second-order valence-corrected chi connectivity index (χ2v) is 7.73. The van der Waals surface area contributed by atoms with Crippen LogP contribution < -0.4 is 9.47 Å². The van der Waals surface area contributed by atoms with Crippen molar-refractivity contribution in [1.82, 2.24) is 0 Å². The molecule has 168 valence electrons. The van der Waals surface area contributed by atoms with Gasteiger partial charge in [-0.1, -0.05) is 12.2 Å². The molecule has 2 aromatic carbocycles. The van der Waals surface area contributed by atoms with E-state index in [0.717, 1.165) is 28.2 Å². The van der Waals surface area contributed by atoms with Gasteiger partial charge in [-0.25, -0.2) is 4.79 Å². The summed E-state index contributed by atoms with van der Waals surface area (Å²) in [7, 11) is 0. The van der Waals surface area contributed by atoms with Crippen LogP contribution in [0.25, 0.3) is 0 Å². The highest BCUT2D eigenvalue weighted by atomic mass is 32.2. The van der Waals surface area contributed by atoms with Gasteiger partial charge in [0.1, 0.15) is 11.5 Å². The lowest BCUT2D eigenvalue weighted by Crippen LogP contribution is -2.14. The molecule has 0 fully saturated rings. The molecule has 2 aromatic rings. The van der Waals surface area contributed by atoms with Crippen LogP contribution in [-0.2, 0) is 15.7 Å². The lowest BCUT2D eigenvalue weighted by Gasteiger charge is -2.11. The Balaban J connectivity index is 1.73. The van der Waals surface area contributed by atoms with E-state index in [9.17, 15) is 18.0 Å². The zero-order chi connectivity index (χ0) is 22.9. The summed E-state index contributed by atoms with van der Waals surface area (Å²) in [5.41, 5.74) is 1.16. The van der Waals surface area contributed by atoms with Gasteiger partial charge < -0.3 is 14.2 Å². The van der Waals surface area contributed by atoms with Crippen molar-refractivity contribution in [2.45, 2.75) is 31.3 Å². The summed E-state index contributed by atoms with van der Waals surface area (Å²) in [6.07, 6.45) is -3.76. The highest BCUT2D eigenvalue weighted by Gasteiger charge is 2.30. The molecule has 0 aliphatic carbocycles. The van der Waals surface area contributed by atoms with Gasteiger partial charge in [0.15, 0.2) is 6.61 Å². The average molecular weight is 455 g/mol. The Bertz CT molecular complexity index is 879. The van der Waals surface area contributed by atoms with E-state index >= 15 is 0 Å². The van der Waals surface area contributed by atoms with Crippen molar-refractivity contribution in [2.75, 3.05) is 25.6 Å². The van der Waals surface area contributed by atoms with Crippen molar-refractivity contribution in [1.29, 1.82) is 0 Å². The molecule has 0 saturated heterocycles. The summed E-state index contributed by atoms with van der Waals surface area (Å²) < 4.78 is 53.5. The topological polar surface area (TPSA) is 44.8 Å². The number of hydrogen-bond donors (Lipinski definition) is 0. The predicted molar refractivity (Wildman–Crippen MR) is 115 cm³/mol. The molecule has 4 nitrogen and oxygen atoms in total. The first-order valence-corrected chi connectivity index (χ1v) is 10.7. The van der Waals surface area contributed by atoms with Crippen LogP contribution in [0.1, 0.15) is 24.5 Å². The van der Waals surface area contributed by atoms with Crippen molar-refractivity contribution < 1.29 is 32.2 Å². The van der Waals surface area contributed by atoms with Crippen LogP contribution >= 0.6 is 11.8 Å². The van der Waals surface area contributed by atoms with E-state index in [-0.39, 0.29) is 6.61 Å². The summed E-state index contributed by atoms with van der Waals surface area (Å²) in [5.74, 6) is 1.29. The molecule has 8 heteroatoms. The number of carbonyl (C=O) groups is 1. The smallest absolute Gasteiger partial charge is 0.416 e. The minimum atomic E-state index is -4.35. The molecule has 0 atom stereocenters. The molecule has 31 heavy (non-hydrogen) atoms. The maximum Gasteiger partial charge on any atom is 0.416 e. The molecule has 0 radical (unpaired) electrons. The molecule has 2 rings (SSSR count). The molecule has 0 spiro atoms. The Labute approximate surface area is 184 Å². The fourth-order valence-electron chi connectivity index (χ4n) is 2.52. The molecule has 0 N–H and O–H groups in total. The van der Waals surface area contributed by atoms with Gasteiger partial charge in [-0.2, -0.15) is 13.2 Å². The number of halogens is 3. The number of benzene rings is 2. The number of aryl methyl sites for hydroxylation is 1. The van der Waals surface area contributed by atoms with Gasteiger partial charge in [0.2, 0.25) is 0 Å². The molecule has 0 aromatic heterocycles. The first kappa shape index (κ1) is 24.7. The molecule has 0 unspecified atom stereocenters. The third kappa shape index (κ3) is 8.57. The molecule has 0 aliphatic heterocycles. The maximum atomic E-state index is 12.6. The van der Waals surface area contributed by atoms with Crippen molar-refractivity contribution in [3.63, 3.8) is 0 Å². The minimum Gasteiger partial charge on any atom is -0.493 e. The number of alkyl halides is 3.